The van der Waals surface area contributed by atoms with Gasteiger partial charge in [0.25, 0.3) is 0 Å². The Kier molecular flexibility index (Phi) is 2.14. The van der Waals surface area contributed by atoms with E-state index in [0.29, 0.717) is 5.75 Å². The summed E-state index contributed by atoms with van der Waals surface area (Å²) in [7, 11) is 0. The minimum atomic E-state index is 0.0139. The van der Waals surface area contributed by atoms with E-state index in [0.717, 1.165) is 16.3 Å². The second-order valence-corrected chi connectivity index (χ2v) is 4.84. The molecule has 15 heavy (non-hydrogen) atoms. The van der Waals surface area contributed by atoms with Crippen molar-refractivity contribution in [3.05, 3.63) is 36.2 Å². The maximum absolute atomic E-state index is 9.65. The van der Waals surface area contributed by atoms with Gasteiger partial charge in [0, 0.05) is 17.8 Å². The molecule has 0 aliphatic rings. The fourth-order valence-electron chi connectivity index (χ4n) is 1.80. The number of benzene rings is 1. The number of pyridine rings is 1. The Hall–Kier alpha value is -1.57. The predicted octanol–water partition coefficient (Wildman–Crippen LogP) is 3.24. The van der Waals surface area contributed by atoms with Crippen LogP contribution in [-0.4, -0.2) is 10.1 Å². The molecular formula is C13H15NO. The lowest BCUT2D eigenvalue weighted by Gasteiger charge is -2.21. The van der Waals surface area contributed by atoms with E-state index in [9.17, 15) is 5.11 Å². The van der Waals surface area contributed by atoms with Crippen LogP contribution in [0.15, 0.2) is 30.6 Å². The van der Waals surface area contributed by atoms with Crippen LogP contribution in [-0.2, 0) is 5.41 Å². The Morgan fingerprint density at radius 3 is 2.60 bits per heavy atom. The van der Waals surface area contributed by atoms with Crippen LogP contribution in [0.1, 0.15) is 26.3 Å². The maximum Gasteiger partial charge on any atom is 0.116 e. The highest BCUT2D eigenvalue weighted by Crippen LogP contribution is 2.32. The zero-order chi connectivity index (χ0) is 11.1. The molecule has 0 saturated carbocycles. The summed E-state index contributed by atoms with van der Waals surface area (Å²) in [5, 5.41) is 11.8. The molecule has 78 valence electrons. The quantitative estimate of drug-likeness (QED) is 0.709. The minimum absolute atomic E-state index is 0.0139. The number of nitrogens with zero attached hydrogens (tertiary/aromatic N) is 1. The van der Waals surface area contributed by atoms with Crippen LogP contribution in [0, 0.1) is 0 Å². The van der Waals surface area contributed by atoms with Gasteiger partial charge in [-0.25, -0.2) is 0 Å². The van der Waals surface area contributed by atoms with Gasteiger partial charge in [0.2, 0.25) is 0 Å². The average Bonchev–Trinajstić information content (AvgIpc) is 2.15. The van der Waals surface area contributed by atoms with Crippen molar-refractivity contribution in [1.29, 1.82) is 0 Å². The molecule has 0 bridgehead atoms. The van der Waals surface area contributed by atoms with E-state index in [2.05, 4.69) is 25.8 Å². The lowest BCUT2D eigenvalue weighted by molar-refractivity contribution is 0.472. The van der Waals surface area contributed by atoms with Gasteiger partial charge in [0.05, 0.1) is 0 Å². The van der Waals surface area contributed by atoms with Gasteiger partial charge in [-0.15, -0.1) is 0 Å². The molecule has 0 saturated heterocycles. The molecule has 1 aromatic carbocycles. The summed E-state index contributed by atoms with van der Waals surface area (Å²) >= 11 is 0. The SMILES string of the molecule is CC(C)(C)c1cc(O)cc2ccncc12. The molecule has 0 spiro atoms. The predicted molar refractivity (Wildman–Crippen MR) is 62.1 cm³/mol. The summed E-state index contributed by atoms with van der Waals surface area (Å²) < 4.78 is 0. The van der Waals surface area contributed by atoms with Crippen LogP contribution >= 0.6 is 0 Å². The van der Waals surface area contributed by atoms with Crippen LogP contribution in [0.2, 0.25) is 0 Å². The monoisotopic (exact) mass is 201 g/mol. The first-order chi connectivity index (χ1) is 6.98. The van der Waals surface area contributed by atoms with Gasteiger partial charge in [-0.2, -0.15) is 0 Å². The number of hydrogen-bond acceptors (Lipinski definition) is 2. The molecular weight excluding hydrogens is 186 g/mol. The van der Waals surface area contributed by atoms with E-state index in [1.165, 1.54) is 0 Å². The number of aromatic hydroxyl groups is 1. The zero-order valence-corrected chi connectivity index (χ0v) is 9.28. The van der Waals surface area contributed by atoms with Gasteiger partial charge in [-0.05, 0) is 34.6 Å². The van der Waals surface area contributed by atoms with Gasteiger partial charge < -0.3 is 5.11 Å². The normalized spacial score (nSPS) is 11.9. The number of fused-ring (bicyclic) bond motifs is 1. The number of aromatic nitrogens is 1. The van der Waals surface area contributed by atoms with Gasteiger partial charge in [0.1, 0.15) is 5.75 Å². The van der Waals surface area contributed by atoms with Crippen molar-refractivity contribution < 1.29 is 5.11 Å². The van der Waals surface area contributed by atoms with E-state index in [-0.39, 0.29) is 5.41 Å². The number of rotatable bonds is 0. The lowest BCUT2D eigenvalue weighted by Crippen LogP contribution is -2.11. The maximum atomic E-state index is 9.65. The van der Waals surface area contributed by atoms with Crippen molar-refractivity contribution in [3.63, 3.8) is 0 Å². The largest absolute Gasteiger partial charge is 0.508 e. The molecule has 0 unspecified atom stereocenters. The molecule has 2 rings (SSSR count). The van der Waals surface area contributed by atoms with Crippen molar-refractivity contribution in [2.24, 2.45) is 0 Å². The minimum Gasteiger partial charge on any atom is -0.508 e. The third-order valence-electron chi connectivity index (χ3n) is 2.55. The molecule has 2 heteroatoms. The number of phenolic OH excluding ortho intramolecular Hbond substituents is 1. The van der Waals surface area contributed by atoms with Gasteiger partial charge in [0.15, 0.2) is 0 Å². The highest BCUT2D eigenvalue weighted by atomic mass is 16.3. The van der Waals surface area contributed by atoms with Crippen LogP contribution in [0.3, 0.4) is 0 Å². The van der Waals surface area contributed by atoms with E-state index >= 15 is 0 Å². The lowest BCUT2D eigenvalue weighted by atomic mass is 9.84. The fourth-order valence-corrected chi connectivity index (χ4v) is 1.80. The summed E-state index contributed by atoms with van der Waals surface area (Å²) in [6.07, 6.45) is 3.60. The second kappa shape index (κ2) is 3.23. The molecule has 1 N–H and O–H groups in total. The van der Waals surface area contributed by atoms with E-state index in [4.69, 9.17) is 0 Å². The van der Waals surface area contributed by atoms with Gasteiger partial charge >= 0.3 is 0 Å². The molecule has 1 heterocycles. The highest BCUT2D eigenvalue weighted by Gasteiger charge is 2.17. The first kappa shape index (κ1) is 9.97. The molecule has 2 aromatic rings. The fraction of sp³-hybridized carbons (Fsp3) is 0.308. The van der Waals surface area contributed by atoms with Crippen LogP contribution < -0.4 is 0 Å². The van der Waals surface area contributed by atoms with Crippen molar-refractivity contribution >= 4 is 10.8 Å². The Labute approximate surface area is 89.6 Å². The molecule has 0 amide bonds. The van der Waals surface area contributed by atoms with Crippen molar-refractivity contribution in [1.82, 2.24) is 4.98 Å². The first-order valence-electron chi connectivity index (χ1n) is 5.06. The van der Waals surface area contributed by atoms with E-state index < -0.39 is 0 Å². The summed E-state index contributed by atoms with van der Waals surface area (Å²) in [6, 6.07) is 5.51. The molecule has 0 radical (unpaired) electrons. The average molecular weight is 201 g/mol. The first-order valence-corrected chi connectivity index (χ1v) is 5.06. The third kappa shape index (κ3) is 1.80. The van der Waals surface area contributed by atoms with Crippen LogP contribution in [0.5, 0.6) is 5.75 Å². The molecule has 0 fully saturated rings. The Bertz CT molecular complexity index is 497. The summed E-state index contributed by atoms with van der Waals surface area (Å²) in [5.74, 6) is 0.318. The van der Waals surface area contributed by atoms with Crippen molar-refractivity contribution in [3.8, 4) is 5.75 Å². The topological polar surface area (TPSA) is 33.1 Å². The third-order valence-corrected chi connectivity index (χ3v) is 2.55. The van der Waals surface area contributed by atoms with E-state index in [1.54, 1.807) is 12.3 Å². The Morgan fingerprint density at radius 2 is 1.93 bits per heavy atom. The number of phenols is 1. The summed E-state index contributed by atoms with van der Waals surface area (Å²) in [6.45, 7) is 6.40. The highest BCUT2D eigenvalue weighted by molar-refractivity contribution is 5.87. The van der Waals surface area contributed by atoms with Crippen LogP contribution in [0.25, 0.3) is 10.8 Å². The van der Waals surface area contributed by atoms with Crippen molar-refractivity contribution in [2.75, 3.05) is 0 Å². The molecule has 0 atom stereocenters. The van der Waals surface area contributed by atoms with E-state index in [1.807, 2.05) is 18.3 Å². The number of hydrogen-bond donors (Lipinski definition) is 1. The summed E-state index contributed by atoms with van der Waals surface area (Å²) in [5.41, 5.74) is 1.14. The van der Waals surface area contributed by atoms with Crippen molar-refractivity contribution in [2.45, 2.75) is 26.2 Å². The molecule has 0 aliphatic carbocycles. The van der Waals surface area contributed by atoms with Gasteiger partial charge in [-0.1, -0.05) is 20.8 Å². The standard InChI is InChI=1S/C13H15NO/c1-13(2,3)12-7-10(15)6-9-4-5-14-8-11(9)12/h4-8,15H,1-3H3. The smallest absolute Gasteiger partial charge is 0.116 e. The summed E-state index contributed by atoms with van der Waals surface area (Å²) in [4.78, 5) is 4.14. The van der Waals surface area contributed by atoms with Crippen LogP contribution in [0.4, 0.5) is 0 Å². The van der Waals surface area contributed by atoms with Gasteiger partial charge in [-0.3, -0.25) is 4.98 Å². The zero-order valence-electron chi connectivity index (χ0n) is 9.28. The Morgan fingerprint density at radius 1 is 1.20 bits per heavy atom. The molecule has 2 nitrogen and oxygen atoms in total. The molecule has 1 aromatic heterocycles. The molecule has 0 aliphatic heterocycles. The second-order valence-electron chi connectivity index (χ2n) is 4.84. The Balaban J connectivity index is 2.83.